The van der Waals surface area contributed by atoms with Gasteiger partial charge in [0.05, 0.1) is 0 Å². The molecule has 80 valence electrons. The lowest BCUT2D eigenvalue weighted by molar-refractivity contribution is 0.999. The van der Waals surface area contributed by atoms with Crippen molar-refractivity contribution in [3.05, 3.63) is 23.4 Å². The number of hydrogen-bond acceptors (Lipinski definition) is 4. The number of rotatable bonds is 3. The van der Waals surface area contributed by atoms with Gasteiger partial charge in [-0.2, -0.15) is 4.98 Å². The molecule has 0 aromatic carbocycles. The Morgan fingerprint density at radius 2 is 2.27 bits per heavy atom. The first-order valence-corrected chi connectivity index (χ1v) is 4.89. The van der Waals surface area contributed by atoms with E-state index in [2.05, 4.69) is 39.6 Å². The maximum Gasteiger partial charge on any atom is 0.245 e. The molecule has 0 unspecified atom stereocenters. The quantitative estimate of drug-likeness (QED) is 0.785. The van der Waals surface area contributed by atoms with Gasteiger partial charge in [0.25, 0.3) is 0 Å². The molecule has 5 nitrogen and oxygen atoms in total. The summed E-state index contributed by atoms with van der Waals surface area (Å²) in [5, 5.41) is 10.1. The van der Waals surface area contributed by atoms with Gasteiger partial charge in [-0.15, -0.1) is 5.10 Å². The molecule has 1 aliphatic rings. The Labute approximate surface area is 88.9 Å². The topological polar surface area (TPSA) is 56.8 Å². The van der Waals surface area contributed by atoms with Crippen LogP contribution in [0.25, 0.3) is 0 Å². The standard InChI is InChI=1S/C10H15N5/c1-7-4-5-8(6-7)11-9-12-10(14-13-9)15(2)3/h5-6H,4H2,1-3H3,(H2,11,12,13,14). The number of nitrogens with one attached hydrogen (secondary N) is 2. The number of nitrogens with zero attached hydrogens (tertiary/aromatic N) is 3. The molecule has 0 radical (unpaired) electrons. The van der Waals surface area contributed by atoms with E-state index in [1.807, 2.05) is 19.0 Å². The summed E-state index contributed by atoms with van der Waals surface area (Å²) >= 11 is 0. The third-order valence-corrected chi connectivity index (χ3v) is 2.18. The summed E-state index contributed by atoms with van der Waals surface area (Å²) in [5.41, 5.74) is 2.43. The number of aromatic nitrogens is 3. The summed E-state index contributed by atoms with van der Waals surface area (Å²) in [7, 11) is 3.82. The first kappa shape index (κ1) is 9.76. The molecule has 0 atom stereocenters. The lowest BCUT2D eigenvalue weighted by Gasteiger charge is -2.03. The fourth-order valence-electron chi connectivity index (χ4n) is 1.39. The van der Waals surface area contributed by atoms with E-state index < -0.39 is 0 Å². The molecule has 0 bridgehead atoms. The van der Waals surface area contributed by atoms with Crippen molar-refractivity contribution in [1.29, 1.82) is 0 Å². The summed E-state index contributed by atoms with van der Waals surface area (Å²) in [6.07, 6.45) is 5.25. The molecule has 0 amide bonds. The maximum absolute atomic E-state index is 4.28. The SMILES string of the molecule is CC1=CC(Nc2nc(N(C)C)n[nH]2)=CC1. The molecule has 5 heteroatoms. The molecule has 1 aliphatic carbocycles. The third-order valence-electron chi connectivity index (χ3n) is 2.18. The van der Waals surface area contributed by atoms with E-state index >= 15 is 0 Å². The highest BCUT2D eigenvalue weighted by Gasteiger charge is 2.07. The van der Waals surface area contributed by atoms with Crippen LogP contribution in [-0.4, -0.2) is 29.3 Å². The van der Waals surface area contributed by atoms with Crippen LogP contribution < -0.4 is 10.2 Å². The van der Waals surface area contributed by atoms with E-state index in [0.717, 1.165) is 12.1 Å². The van der Waals surface area contributed by atoms with E-state index in [-0.39, 0.29) is 0 Å². The zero-order chi connectivity index (χ0) is 10.8. The Balaban J connectivity index is 2.05. The van der Waals surface area contributed by atoms with Crippen molar-refractivity contribution in [3.63, 3.8) is 0 Å². The number of H-pyrrole nitrogens is 1. The highest BCUT2D eigenvalue weighted by atomic mass is 15.4. The smallest absolute Gasteiger partial charge is 0.245 e. The van der Waals surface area contributed by atoms with Crippen molar-refractivity contribution in [3.8, 4) is 0 Å². The van der Waals surface area contributed by atoms with Gasteiger partial charge < -0.3 is 10.2 Å². The fraction of sp³-hybridized carbons (Fsp3) is 0.400. The van der Waals surface area contributed by atoms with Crippen LogP contribution in [0.4, 0.5) is 11.9 Å². The lowest BCUT2D eigenvalue weighted by Crippen LogP contribution is -2.10. The van der Waals surface area contributed by atoms with Crippen LogP contribution in [0.15, 0.2) is 23.4 Å². The summed E-state index contributed by atoms with van der Waals surface area (Å²) in [4.78, 5) is 6.13. The van der Waals surface area contributed by atoms with Crippen LogP contribution in [0.1, 0.15) is 13.3 Å². The molecule has 2 rings (SSSR count). The van der Waals surface area contributed by atoms with Gasteiger partial charge in [0.2, 0.25) is 11.9 Å². The molecule has 0 saturated heterocycles. The number of allylic oxidation sites excluding steroid dienone is 3. The monoisotopic (exact) mass is 205 g/mol. The van der Waals surface area contributed by atoms with E-state index in [1.165, 1.54) is 5.57 Å². The molecule has 0 fully saturated rings. The average molecular weight is 205 g/mol. The maximum atomic E-state index is 4.28. The van der Waals surface area contributed by atoms with Crippen molar-refractivity contribution in [2.45, 2.75) is 13.3 Å². The summed E-state index contributed by atoms with van der Waals surface area (Å²) in [6.45, 7) is 2.11. The lowest BCUT2D eigenvalue weighted by atomic mass is 10.3. The van der Waals surface area contributed by atoms with Gasteiger partial charge in [-0.3, -0.25) is 0 Å². The summed E-state index contributed by atoms with van der Waals surface area (Å²) in [6, 6.07) is 0. The minimum absolute atomic E-state index is 0.677. The third kappa shape index (κ3) is 2.18. The van der Waals surface area contributed by atoms with Crippen LogP contribution in [0.2, 0.25) is 0 Å². The molecule has 1 heterocycles. The molecule has 0 spiro atoms. The summed E-state index contributed by atoms with van der Waals surface area (Å²) < 4.78 is 0. The van der Waals surface area contributed by atoms with E-state index in [1.54, 1.807) is 0 Å². The highest BCUT2D eigenvalue weighted by Crippen LogP contribution is 2.18. The molecule has 15 heavy (non-hydrogen) atoms. The van der Waals surface area contributed by atoms with Gasteiger partial charge in [-0.05, 0) is 19.4 Å². The Kier molecular flexibility index (Phi) is 2.45. The second-order valence-corrected chi connectivity index (χ2v) is 3.86. The van der Waals surface area contributed by atoms with Gasteiger partial charge in [0, 0.05) is 19.8 Å². The van der Waals surface area contributed by atoms with Gasteiger partial charge >= 0.3 is 0 Å². The number of anilines is 2. The van der Waals surface area contributed by atoms with Crippen LogP contribution in [0.5, 0.6) is 0 Å². The molecule has 0 saturated carbocycles. The first-order chi connectivity index (χ1) is 7.15. The Bertz CT molecular complexity index is 413. The summed E-state index contributed by atoms with van der Waals surface area (Å²) in [5.74, 6) is 1.35. The Morgan fingerprint density at radius 3 is 2.80 bits per heavy atom. The minimum atomic E-state index is 0.677. The zero-order valence-electron chi connectivity index (χ0n) is 9.20. The van der Waals surface area contributed by atoms with Crippen molar-refractivity contribution >= 4 is 11.9 Å². The largest absolute Gasteiger partial charge is 0.346 e. The van der Waals surface area contributed by atoms with Gasteiger partial charge in [-0.1, -0.05) is 11.6 Å². The Hall–Kier alpha value is -1.78. The van der Waals surface area contributed by atoms with Crippen LogP contribution in [-0.2, 0) is 0 Å². The molecule has 0 aliphatic heterocycles. The zero-order valence-corrected chi connectivity index (χ0v) is 9.20. The van der Waals surface area contributed by atoms with Gasteiger partial charge in [0.1, 0.15) is 0 Å². The van der Waals surface area contributed by atoms with Gasteiger partial charge in [0.15, 0.2) is 0 Å². The second-order valence-electron chi connectivity index (χ2n) is 3.86. The highest BCUT2D eigenvalue weighted by molar-refractivity contribution is 5.46. The molecule has 2 N–H and O–H groups in total. The Morgan fingerprint density at radius 1 is 1.47 bits per heavy atom. The molecule has 1 aromatic rings. The molecular weight excluding hydrogens is 190 g/mol. The predicted octanol–water partition coefficient (Wildman–Crippen LogP) is 1.52. The first-order valence-electron chi connectivity index (χ1n) is 4.89. The predicted molar refractivity (Wildman–Crippen MR) is 60.8 cm³/mol. The van der Waals surface area contributed by atoms with Crippen LogP contribution >= 0.6 is 0 Å². The second kappa shape index (κ2) is 3.76. The van der Waals surface area contributed by atoms with Crippen LogP contribution in [0.3, 0.4) is 0 Å². The van der Waals surface area contributed by atoms with Gasteiger partial charge in [-0.25, -0.2) is 5.10 Å². The van der Waals surface area contributed by atoms with Crippen molar-refractivity contribution < 1.29 is 0 Å². The van der Waals surface area contributed by atoms with Crippen molar-refractivity contribution in [1.82, 2.24) is 15.2 Å². The van der Waals surface area contributed by atoms with Crippen molar-refractivity contribution in [2.75, 3.05) is 24.3 Å². The van der Waals surface area contributed by atoms with Crippen molar-refractivity contribution in [2.24, 2.45) is 0 Å². The van der Waals surface area contributed by atoms with E-state index in [0.29, 0.717) is 11.9 Å². The molecular formula is C10H15N5. The van der Waals surface area contributed by atoms with Crippen LogP contribution in [0, 0.1) is 0 Å². The number of hydrogen-bond donors (Lipinski definition) is 2. The fourth-order valence-corrected chi connectivity index (χ4v) is 1.39. The number of aromatic amines is 1. The van der Waals surface area contributed by atoms with E-state index in [4.69, 9.17) is 0 Å². The minimum Gasteiger partial charge on any atom is -0.346 e. The average Bonchev–Trinajstić information content (AvgIpc) is 2.76. The normalized spacial score (nSPS) is 14.9. The van der Waals surface area contributed by atoms with E-state index in [9.17, 15) is 0 Å². The molecule has 1 aromatic heterocycles.